The minimum absolute atomic E-state index is 0.0218. The first-order valence-electron chi connectivity index (χ1n) is 5.76. The fraction of sp³-hybridized carbons (Fsp3) is 0.643. The van der Waals surface area contributed by atoms with Gasteiger partial charge in [-0.15, -0.1) is 0 Å². The molecule has 1 heteroatoms. The molecule has 0 bridgehead atoms. The van der Waals surface area contributed by atoms with Crippen molar-refractivity contribution in [3.05, 3.63) is 23.8 Å². The monoisotopic (exact) mass is 206 g/mol. The number of allylic oxidation sites excluding steroid dienone is 3. The van der Waals surface area contributed by atoms with Crippen molar-refractivity contribution in [1.29, 1.82) is 0 Å². The van der Waals surface area contributed by atoms with Crippen LogP contribution in [-0.2, 0) is 4.79 Å². The van der Waals surface area contributed by atoms with Gasteiger partial charge in [0.05, 0.1) is 0 Å². The van der Waals surface area contributed by atoms with E-state index < -0.39 is 0 Å². The van der Waals surface area contributed by atoms with Crippen LogP contribution < -0.4 is 0 Å². The molecule has 0 radical (unpaired) electrons. The van der Waals surface area contributed by atoms with Crippen LogP contribution in [0.2, 0.25) is 0 Å². The summed E-state index contributed by atoms with van der Waals surface area (Å²) < 4.78 is 0. The normalized spacial score (nSPS) is 32.9. The second-order valence-corrected chi connectivity index (χ2v) is 5.06. The molecule has 1 saturated carbocycles. The quantitative estimate of drug-likeness (QED) is 0.494. The predicted octanol–water partition coefficient (Wildman–Crippen LogP) is 3.90. The molecule has 1 aliphatic carbocycles. The molecule has 0 spiro atoms. The highest BCUT2D eigenvalue weighted by Gasteiger charge is 2.34. The summed E-state index contributed by atoms with van der Waals surface area (Å²) >= 11 is 0. The minimum Gasteiger partial charge on any atom is -0.295 e. The van der Waals surface area contributed by atoms with Gasteiger partial charge in [0.25, 0.3) is 0 Å². The van der Waals surface area contributed by atoms with Crippen molar-refractivity contribution in [2.75, 3.05) is 0 Å². The average molecular weight is 206 g/mol. The maximum absolute atomic E-state index is 11.3. The third kappa shape index (κ3) is 2.39. The zero-order valence-electron chi connectivity index (χ0n) is 10.4. The number of hydrogen-bond donors (Lipinski definition) is 0. The highest BCUT2D eigenvalue weighted by molar-refractivity contribution is 5.92. The van der Waals surface area contributed by atoms with Gasteiger partial charge in [-0.25, -0.2) is 0 Å². The second-order valence-electron chi connectivity index (χ2n) is 5.06. The molecule has 1 rings (SSSR count). The van der Waals surface area contributed by atoms with Gasteiger partial charge in [-0.1, -0.05) is 32.1 Å². The van der Waals surface area contributed by atoms with Crippen LogP contribution in [0, 0.1) is 11.3 Å². The molecule has 15 heavy (non-hydrogen) atoms. The molecule has 1 nitrogen and oxygen atoms in total. The largest absolute Gasteiger partial charge is 0.295 e. The fourth-order valence-corrected chi connectivity index (χ4v) is 2.33. The van der Waals surface area contributed by atoms with E-state index in [0.717, 1.165) is 12.0 Å². The zero-order chi connectivity index (χ0) is 11.6. The van der Waals surface area contributed by atoms with E-state index in [2.05, 4.69) is 26.5 Å². The van der Waals surface area contributed by atoms with E-state index in [1.165, 1.54) is 18.4 Å². The number of carbonyl (C=O) groups is 1. The maximum atomic E-state index is 11.3. The van der Waals surface area contributed by atoms with Gasteiger partial charge in [0.1, 0.15) is 0 Å². The Hall–Kier alpha value is -0.850. The standard InChI is InChI=1S/C14H22O/c1-10(13(4)15)9-14(5)11(2)7-6-8-12(14)3/h9,12H,2,6-8H2,1,3-5H3. The fourth-order valence-electron chi connectivity index (χ4n) is 2.33. The van der Waals surface area contributed by atoms with Gasteiger partial charge in [-0.2, -0.15) is 0 Å². The van der Waals surface area contributed by atoms with Gasteiger partial charge < -0.3 is 0 Å². The molecule has 0 N–H and O–H groups in total. The van der Waals surface area contributed by atoms with Gasteiger partial charge in [0, 0.05) is 5.41 Å². The van der Waals surface area contributed by atoms with E-state index in [1.807, 2.05) is 6.92 Å². The lowest BCUT2D eigenvalue weighted by molar-refractivity contribution is -0.113. The summed E-state index contributed by atoms with van der Waals surface area (Å²) in [6.07, 6.45) is 5.70. The molecule has 2 unspecified atom stereocenters. The smallest absolute Gasteiger partial charge is 0.155 e. The van der Waals surface area contributed by atoms with Crippen molar-refractivity contribution < 1.29 is 4.79 Å². The van der Waals surface area contributed by atoms with Crippen LogP contribution in [0.5, 0.6) is 0 Å². The second kappa shape index (κ2) is 4.34. The Kier molecular flexibility index (Phi) is 3.54. The first-order valence-corrected chi connectivity index (χ1v) is 5.76. The highest BCUT2D eigenvalue weighted by Crippen LogP contribution is 2.45. The third-order valence-electron chi connectivity index (χ3n) is 3.97. The van der Waals surface area contributed by atoms with E-state index in [-0.39, 0.29) is 11.2 Å². The van der Waals surface area contributed by atoms with Crippen molar-refractivity contribution >= 4 is 5.78 Å². The summed E-state index contributed by atoms with van der Waals surface area (Å²) in [6, 6.07) is 0. The molecule has 1 aliphatic rings. The summed E-state index contributed by atoms with van der Waals surface area (Å²) in [6.45, 7) is 12.2. The number of ketones is 1. The van der Waals surface area contributed by atoms with Gasteiger partial charge in [0.15, 0.2) is 5.78 Å². The molecule has 0 aliphatic heterocycles. The number of Topliss-reactive ketones (excluding diaryl/α,β-unsaturated/α-hetero) is 1. The van der Waals surface area contributed by atoms with Crippen LogP contribution >= 0.6 is 0 Å². The van der Waals surface area contributed by atoms with Gasteiger partial charge in [-0.3, -0.25) is 4.79 Å². The van der Waals surface area contributed by atoms with Crippen molar-refractivity contribution in [1.82, 2.24) is 0 Å². The molecule has 0 aromatic rings. The molecule has 0 heterocycles. The van der Waals surface area contributed by atoms with Gasteiger partial charge >= 0.3 is 0 Å². The Morgan fingerprint density at radius 1 is 1.53 bits per heavy atom. The number of carbonyl (C=O) groups excluding carboxylic acids is 1. The van der Waals surface area contributed by atoms with E-state index in [4.69, 9.17) is 0 Å². The summed E-state index contributed by atoms with van der Waals surface area (Å²) in [7, 11) is 0. The Labute approximate surface area is 93.3 Å². The molecular formula is C14H22O. The van der Waals surface area contributed by atoms with Crippen LogP contribution in [-0.4, -0.2) is 5.78 Å². The Bertz CT molecular complexity index is 311. The molecule has 2 atom stereocenters. The Morgan fingerprint density at radius 3 is 2.60 bits per heavy atom. The van der Waals surface area contributed by atoms with Crippen molar-refractivity contribution in [2.24, 2.45) is 11.3 Å². The van der Waals surface area contributed by atoms with E-state index >= 15 is 0 Å². The molecule has 84 valence electrons. The lowest BCUT2D eigenvalue weighted by atomic mass is 9.65. The minimum atomic E-state index is 0.0218. The third-order valence-corrected chi connectivity index (χ3v) is 3.97. The average Bonchev–Trinajstić information content (AvgIpc) is 2.14. The van der Waals surface area contributed by atoms with E-state index in [9.17, 15) is 4.79 Å². The molecule has 1 fully saturated rings. The van der Waals surface area contributed by atoms with E-state index in [1.54, 1.807) is 6.92 Å². The molecule has 0 amide bonds. The summed E-state index contributed by atoms with van der Waals surface area (Å²) in [5.41, 5.74) is 2.17. The van der Waals surface area contributed by atoms with Crippen LogP contribution in [0.1, 0.15) is 47.0 Å². The van der Waals surface area contributed by atoms with E-state index in [0.29, 0.717) is 5.92 Å². The van der Waals surface area contributed by atoms with Gasteiger partial charge in [-0.05, 0) is 44.6 Å². The summed E-state index contributed by atoms with van der Waals surface area (Å²) in [4.78, 5) is 11.3. The maximum Gasteiger partial charge on any atom is 0.155 e. The SMILES string of the molecule is C=C1CCCC(C)C1(C)C=C(C)C(C)=O. The van der Waals surface area contributed by atoms with Crippen molar-refractivity contribution in [3.8, 4) is 0 Å². The van der Waals surface area contributed by atoms with Crippen LogP contribution in [0.15, 0.2) is 23.8 Å². The molecule has 0 saturated heterocycles. The number of rotatable bonds is 2. The van der Waals surface area contributed by atoms with Gasteiger partial charge in [0.2, 0.25) is 0 Å². The van der Waals surface area contributed by atoms with Crippen LogP contribution in [0.4, 0.5) is 0 Å². The van der Waals surface area contributed by atoms with Crippen LogP contribution in [0.25, 0.3) is 0 Å². The topological polar surface area (TPSA) is 17.1 Å². The first-order chi connectivity index (χ1) is 6.88. The number of hydrogen-bond acceptors (Lipinski definition) is 1. The molecule has 0 aromatic heterocycles. The molecule has 0 aromatic carbocycles. The zero-order valence-corrected chi connectivity index (χ0v) is 10.4. The lowest BCUT2D eigenvalue weighted by Crippen LogP contribution is -2.29. The van der Waals surface area contributed by atoms with Crippen molar-refractivity contribution in [2.45, 2.75) is 47.0 Å². The highest BCUT2D eigenvalue weighted by atomic mass is 16.1. The summed E-state index contributed by atoms with van der Waals surface area (Å²) in [5.74, 6) is 0.759. The van der Waals surface area contributed by atoms with Crippen LogP contribution in [0.3, 0.4) is 0 Å². The predicted molar refractivity (Wildman–Crippen MR) is 64.7 cm³/mol. The Morgan fingerprint density at radius 2 is 2.13 bits per heavy atom. The first kappa shape index (κ1) is 12.2. The summed E-state index contributed by atoms with van der Waals surface area (Å²) in [5, 5.41) is 0. The lowest BCUT2D eigenvalue weighted by Gasteiger charge is -2.40. The molecular weight excluding hydrogens is 184 g/mol. The Balaban J connectivity index is 3.02. The van der Waals surface area contributed by atoms with Crippen molar-refractivity contribution in [3.63, 3.8) is 0 Å².